The predicted octanol–water partition coefficient (Wildman–Crippen LogP) is 6.44. The summed E-state index contributed by atoms with van der Waals surface area (Å²) in [5.41, 5.74) is 3.52. The number of pyridine rings is 1. The Kier molecular flexibility index (Phi) is 8.37. The Morgan fingerprint density at radius 1 is 0.792 bits per heavy atom. The first kappa shape index (κ1) is 18.5. The summed E-state index contributed by atoms with van der Waals surface area (Å²) in [5, 5.41) is 0. The van der Waals surface area contributed by atoms with Crippen LogP contribution in [-0.4, -0.2) is 11.6 Å². The molecular formula is C22H31NO. The quantitative estimate of drug-likeness (QED) is 0.443. The van der Waals surface area contributed by atoms with Crippen LogP contribution in [0.15, 0.2) is 42.6 Å². The Bertz CT molecular complexity index is 560. The van der Waals surface area contributed by atoms with Crippen molar-refractivity contribution >= 4 is 0 Å². The van der Waals surface area contributed by atoms with E-state index in [1.165, 1.54) is 37.7 Å². The lowest BCUT2D eigenvalue weighted by atomic mass is 10.1. The maximum Gasteiger partial charge on any atom is 0.119 e. The van der Waals surface area contributed by atoms with E-state index >= 15 is 0 Å². The summed E-state index contributed by atoms with van der Waals surface area (Å²) in [5.74, 6) is 0.941. The highest BCUT2D eigenvalue weighted by molar-refractivity contribution is 5.60. The lowest BCUT2D eigenvalue weighted by Gasteiger charge is -2.07. The molecule has 0 radical (unpaired) electrons. The largest absolute Gasteiger partial charge is 0.494 e. The highest BCUT2D eigenvalue weighted by Crippen LogP contribution is 2.21. The molecule has 0 fully saturated rings. The van der Waals surface area contributed by atoms with Gasteiger partial charge < -0.3 is 4.74 Å². The third-order valence-electron chi connectivity index (χ3n) is 4.31. The molecule has 2 rings (SSSR count). The average Bonchev–Trinajstić information content (AvgIpc) is 2.63. The normalized spacial score (nSPS) is 10.8. The average molecular weight is 325 g/mol. The fraction of sp³-hybridized carbons (Fsp3) is 0.500. The first-order chi connectivity index (χ1) is 11.8. The maximum absolute atomic E-state index is 5.71. The Labute approximate surface area is 147 Å². The third-order valence-corrected chi connectivity index (χ3v) is 4.31. The summed E-state index contributed by atoms with van der Waals surface area (Å²) in [6.45, 7) is 5.22. The van der Waals surface area contributed by atoms with Crippen LogP contribution < -0.4 is 4.74 Å². The van der Waals surface area contributed by atoms with Gasteiger partial charge in [-0.25, -0.2) is 0 Å². The smallest absolute Gasteiger partial charge is 0.119 e. The van der Waals surface area contributed by atoms with Gasteiger partial charge in [0.2, 0.25) is 0 Å². The Balaban J connectivity index is 1.83. The lowest BCUT2D eigenvalue weighted by molar-refractivity contribution is 0.309. The topological polar surface area (TPSA) is 22.1 Å². The molecule has 2 heteroatoms. The summed E-state index contributed by atoms with van der Waals surface area (Å²) in [7, 11) is 0. The predicted molar refractivity (Wildman–Crippen MR) is 103 cm³/mol. The molecule has 0 spiro atoms. The van der Waals surface area contributed by atoms with Crippen molar-refractivity contribution in [2.24, 2.45) is 0 Å². The number of hydrogen-bond donors (Lipinski definition) is 0. The van der Waals surface area contributed by atoms with Crippen LogP contribution in [0.2, 0.25) is 0 Å². The third kappa shape index (κ3) is 6.35. The number of nitrogens with zero attached hydrogens (tertiary/aromatic N) is 1. The SMILES string of the molecule is CCCCCCCc1ccc(-c2ccc(OCCCC)cc2)nc1. The molecule has 0 atom stereocenters. The fourth-order valence-corrected chi connectivity index (χ4v) is 2.73. The lowest BCUT2D eigenvalue weighted by Crippen LogP contribution is -1.96. The number of hydrogen-bond acceptors (Lipinski definition) is 2. The molecule has 0 amide bonds. The zero-order valence-electron chi connectivity index (χ0n) is 15.3. The second-order valence-electron chi connectivity index (χ2n) is 6.44. The van der Waals surface area contributed by atoms with Crippen molar-refractivity contribution in [3.63, 3.8) is 0 Å². The Hall–Kier alpha value is -1.83. The molecule has 0 bridgehead atoms. The Morgan fingerprint density at radius 3 is 2.21 bits per heavy atom. The van der Waals surface area contributed by atoms with E-state index in [1.807, 2.05) is 18.3 Å². The minimum atomic E-state index is 0.793. The van der Waals surface area contributed by atoms with Crippen LogP contribution in [0.1, 0.15) is 64.4 Å². The highest BCUT2D eigenvalue weighted by atomic mass is 16.5. The van der Waals surface area contributed by atoms with Crippen molar-refractivity contribution in [1.29, 1.82) is 0 Å². The number of unbranched alkanes of at least 4 members (excludes halogenated alkanes) is 5. The summed E-state index contributed by atoms with van der Waals surface area (Å²) < 4.78 is 5.71. The van der Waals surface area contributed by atoms with E-state index in [9.17, 15) is 0 Å². The minimum absolute atomic E-state index is 0.793. The molecule has 0 aliphatic rings. The van der Waals surface area contributed by atoms with Crippen LogP contribution in [0, 0.1) is 0 Å². The number of aromatic nitrogens is 1. The van der Waals surface area contributed by atoms with E-state index in [1.54, 1.807) is 0 Å². The number of aryl methyl sites for hydroxylation is 1. The maximum atomic E-state index is 5.71. The van der Waals surface area contributed by atoms with E-state index in [4.69, 9.17) is 4.74 Å². The van der Waals surface area contributed by atoms with Crippen molar-refractivity contribution in [3.05, 3.63) is 48.2 Å². The number of benzene rings is 1. The van der Waals surface area contributed by atoms with Crippen LogP contribution in [-0.2, 0) is 6.42 Å². The van der Waals surface area contributed by atoms with Gasteiger partial charge in [0.1, 0.15) is 5.75 Å². The minimum Gasteiger partial charge on any atom is -0.494 e. The molecule has 0 saturated carbocycles. The Morgan fingerprint density at radius 2 is 1.54 bits per heavy atom. The summed E-state index contributed by atoms with van der Waals surface area (Å²) in [6.07, 6.45) is 12.0. The monoisotopic (exact) mass is 325 g/mol. The van der Waals surface area contributed by atoms with Gasteiger partial charge in [0.15, 0.2) is 0 Å². The zero-order chi connectivity index (χ0) is 17.0. The first-order valence-corrected chi connectivity index (χ1v) is 9.51. The van der Waals surface area contributed by atoms with E-state index in [2.05, 4.69) is 43.1 Å². The molecule has 0 saturated heterocycles. The summed E-state index contributed by atoms with van der Waals surface area (Å²) in [6, 6.07) is 12.6. The van der Waals surface area contributed by atoms with Crippen LogP contribution in [0.25, 0.3) is 11.3 Å². The second kappa shape index (κ2) is 10.9. The van der Waals surface area contributed by atoms with Crippen molar-refractivity contribution in [1.82, 2.24) is 4.98 Å². The van der Waals surface area contributed by atoms with E-state index in [0.717, 1.165) is 42.9 Å². The van der Waals surface area contributed by atoms with E-state index < -0.39 is 0 Å². The molecule has 24 heavy (non-hydrogen) atoms. The van der Waals surface area contributed by atoms with Crippen LogP contribution in [0.3, 0.4) is 0 Å². The second-order valence-corrected chi connectivity index (χ2v) is 6.44. The van der Waals surface area contributed by atoms with Gasteiger partial charge in [-0.3, -0.25) is 4.98 Å². The first-order valence-electron chi connectivity index (χ1n) is 9.51. The molecule has 2 nitrogen and oxygen atoms in total. The van der Waals surface area contributed by atoms with Crippen LogP contribution in [0.5, 0.6) is 5.75 Å². The van der Waals surface area contributed by atoms with Gasteiger partial charge in [-0.15, -0.1) is 0 Å². The van der Waals surface area contributed by atoms with E-state index in [0.29, 0.717) is 0 Å². The number of rotatable bonds is 11. The molecular weight excluding hydrogens is 294 g/mol. The number of ether oxygens (including phenoxy) is 1. The molecule has 2 aromatic rings. The van der Waals surface area contributed by atoms with Crippen LogP contribution >= 0.6 is 0 Å². The van der Waals surface area contributed by atoms with Gasteiger partial charge in [0, 0.05) is 11.8 Å². The van der Waals surface area contributed by atoms with Gasteiger partial charge in [-0.2, -0.15) is 0 Å². The molecule has 1 aromatic carbocycles. The molecule has 0 aliphatic carbocycles. The molecule has 0 unspecified atom stereocenters. The van der Waals surface area contributed by atoms with Gasteiger partial charge in [-0.1, -0.05) is 52.0 Å². The van der Waals surface area contributed by atoms with Crippen molar-refractivity contribution in [2.45, 2.75) is 65.2 Å². The zero-order valence-corrected chi connectivity index (χ0v) is 15.3. The molecule has 1 heterocycles. The van der Waals surface area contributed by atoms with Crippen molar-refractivity contribution in [3.8, 4) is 17.0 Å². The standard InChI is InChI=1S/C22H31NO/c1-3-5-7-8-9-10-19-11-16-22(23-18-19)20-12-14-21(15-13-20)24-17-6-4-2/h11-16,18H,3-10,17H2,1-2H3. The van der Waals surface area contributed by atoms with Gasteiger partial charge in [0.25, 0.3) is 0 Å². The molecule has 130 valence electrons. The molecule has 1 aromatic heterocycles. The summed E-state index contributed by atoms with van der Waals surface area (Å²) >= 11 is 0. The van der Waals surface area contributed by atoms with Crippen molar-refractivity contribution < 1.29 is 4.74 Å². The van der Waals surface area contributed by atoms with Gasteiger partial charge in [0.05, 0.1) is 12.3 Å². The van der Waals surface area contributed by atoms with Gasteiger partial charge >= 0.3 is 0 Å². The molecule has 0 aliphatic heterocycles. The van der Waals surface area contributed by atoms with Crippen molar-refractivity contribution in [2.75, 3.05) is 6.61 Å². The highest BCUT2D eigenvalue weighted by Gasteiger charge is 2.01. The van der Waals surface area contributed by atoms with E-state index in [-0.39, 0.29) is 0 Å². The molecule has 0 N–H and O–H groups in total. The van der Waals surface area contributed by atoms with Crippen LogP contribution in [0.4, 0.5) is 0 Å². The van der Waals surface area contributed by atoms with Gasteiger partial charge in [-0.05, 0) is 55.2 Å². The fourth-order valence-electron chi connectivity index (χ4n) is 2.73. The summed E-state index contributed by atoms with van der Waals surface area (Å²) in [4.78, 5) is 4.63.